The topological polar surface area (TPSA) is 76.8 Å². The van der Waals surface area contributed by atoms with E-state index >= 15 is 0 Å². The first-order valence-electron chi connectivity index (χ1n) is 6.49. The SMILES string of the molecule is O=C(ON1C(=O)[C@H]2[C@H](C1=O)[C@H]1C=C[C@H]2C1)c1ccco1. The normalized spacial score (nSPS) is 33.9. The van der Waals surface area contributed by atoms with E-state index in [0.29, 0.717) is 5.06 Å². The van der Waals surface area contributed by atoms with E-state index in [1.807, 2.05) is 12.2 Å². The monoisotopic (exact) mass is 273 g/mol. The third kappa shape index (κ3) is 1.36. The van der Waals surface area contributed by atoms with Gasteiger partial charge in [-0.2, -0.15) is 0 Å². The van der Waals surface area contributed by atoms with Gasteiger partial charge < -0.3 is 9.25 Å². The first-order chi connectivity index (χ1) is 9.66. The van der Waals surface area contributed by atoms with Crippen molar-refractivity contribution in [2.75, 3.05) is 0 Å². The van der Waals surface area contributed by atoms with Gasteiger partial charge in [-0.1, -0.05) is 12.2 Å². The molecule has 3 aliphatic rings. The number of carbonyl (C=O) groups excluding carboxylic acids is 3. The quantitative estimate of drug-likeness (QED) is 0.597. The van der Waals surface area contributed by atoms with E-state index in [0.717, 1.165) is 6.42 Å². The van der Waals surface area contributed by atoms with E-state index < -0.39 is 17.8 Å². The van der Waals surface area contributed by atoms with Crippen LogP contribution in [0.3, 0.4) is 0 Å². The second kappa shape index (κ2) is 3.82. The van der Waals surface area contributed by atoms with Crippen LogP contribution in [0.25, 0.3) is 0 Å². The lowest BCUT2D eigenvalue weighted by Gasteiger charge is -2.14. The van der Waals surface area contributed by atoms with Crippen LogP contribution in [-0.2, 0) is 14.4 Å². The van der Waals surface area contributed by atoms with Crippen LogP contribution in [0.1, 0.15) is 17.0 Å². The van der Waals surface area contributed by atoms with Gasteiger partial charge in [0.25, 0.3) is 11.8 Å². The minimum absolute atomic E-state index is 0.0382. The van der Waals surface area contributed by atoms with Gasteiger partial charge in [0.15, 0.2) is 0 Å². The first kappa shape index (κ1) is 11.5. The molecule has 1 aliphatic heterocycles. The molecule has 6 nitrogen and oxygen atoms in total. The van der Waals surface area contributed by atoms with Crippen LogP contribution in [-0.4, -0.2) is 22.8 Å². The number of hydrogen-bond donors (Lipinski definition) is 0. The summed E-state index contributed by atoms with van der Waals surface area (Å²) in [5.41, 5.74) is 0. The molecule has 20 heavy (non-hydrogen) atoms. The Hall–Kier alpha value is -2.37. The minimum Gasteiger partial charge on any atom is -0.457 e. The van der Waals surface area contributed by atoms with Crippen molar-refractivity contribution in [3.8, 4) is 0 Å². The Morgan fingerprint density at radius 2 is 1.85 bits per heavy atom. The molecule has 0 radical (unpaired) electrons. The van der Waals surface area contributed by atoms with E-state index in [-0.39, 0.29) is 29.4 Å². The Kier molecular flexibility index (Phi) is 2.19. The number of amides is 2. The van der Waals surface area contributed by atoms with Gasteiger partial charge in [0.2, 0.25) is 5.76 Å². The van der Waals surface area contributed by atoms with Gasteiger partial charge in [0.1, 0.15) is 0 Å². The summed E-state index contributed by atoms with van der Waals surface area (Å²) in [6, 6.07) is 2.95. The maximum absolute atomic E-state index is 12.3. The molecule has 0 aromatic carbocycles. The molecule has 0 spiro atoms. The lowest BCUT2D eigenvalue weighted by molar-refractivity contribution is -0.175. The largest absolute Gasteiger partial charge is 0.457 e. The number of rotatable bonds is 2. The number of fused-ring (bicyclic) bond motifs is 5. The number of hydroxylamine groups is 2. The molecule has 1 saturated carbocycles. The zero-order valence-electron chi connectivity index (χ0n) is 10.4. The number of furan rings is 1. The zero-order valence-corrected chi connectivity index (χ0v) is 10.4. The summed E-state index contributed by atoms with van der Waals surface area (Å²) < 4.78 is 4.89. The Bertz CT molecular complexity index is 602. The lowest BCUT2D eigenvalue weighted by Crippen LogP contribution is -2.35. The van der Waals surface area contributed by atoms with Gasteiger partial charge in [-0.05, 0) is 30.4 Å². The van der Waals surface area contributed by atoms with Crippen LogP contribution >= 0.6 is 0 Å². The highest BCUT2D eigenvalue weighted by Gasteiger charge is 2.60. The van der Waals surface area contributed by atoms with Gasteiger partial charge in [-0.3, -0.25) is 9.59 Å². The molecule has 2 bridgehead atoms. The Labute approximate surface area is 113 Å². The maximum Gasteiger partial charge on any atom is 0.398 e. The van der Waals surface area contributed by atoms with Crippen molar-refractivity contribution >= 4 is 17.8 Å². The highest BCUT2D eigenvalue weighted by molar-refractivity contribution is 6.06. The second-order valence-electron chi connectivity index (χ2n) is 5.33. The van der Waals surface area contributed by atoms with Gasteiger partial charge in [0, 0.05) is 0 Å². The van der Waals surface area contributed by atoms with Crippen molar-refractivity contribution in [2.24, 2.45) is 23.7 Å². The Morgan fingerprint density at radius 1 is 1.20 bits per heavy atom. The van der Waals surface area contributed by atoms with Gasteiger partial charge in [-0.25, -0.2) is 4.79 Å². The number of carbonyl (C=O) groups is 3. The molecule has 4 atom stereocenters. The fourth-order valence-electron chi connectivity index (χ4n) is 3.49. The van der Waals surface area contributed by atoms with E-state index in [9.17, 15) is 14.4 Å². The van der Waals surface area contributed by atoms with Crippen molar-refractivity contribution in [3.05, 3.63) is 36.3 Å². The molecule has 1 aromatic heterocycles. The molecule has 2 heterocycles. The third-order valence-electron chi connectivity index (χ3n) is 4.33. The molecule has 1 aromatic rings. The van der Waals surface area contributed by atoms with E-state index in [1.165, 1.54) is 18.4 Å². The van der Waals surface area contributed by atoms with Crippen molar-refractivity contribution in [3.63, 3.8) is 0 Å². The van der Waals surface area contributed by atoms with Gasteiger partial charge in [0.05, 0.1) is 18.1 Å². The number of imide groups is 1. The number of hydrogen-bond acceptors (Lipinski definition) is 5. The predicted molar refractivity (Wildman–Crippen MR) is 63.7 cm³/mol. The molecular weight excluding hydrogens is 262 g/mol. The lowest BCUT2D eigenvalue weighted by atomic mass is 9.85. The second-order valence-corrected chi connectivity index (χ2v) is 5.33. The fraction of sp³-hybridized carbons (Fsp3) is 0.357. The fourth-order valence-corrected chi connectivity index (χ4v) is 3.49. The number of allylic oxidation sites excluding steroid dienone is 2. The average Bonchev–Trinajstić information content (AvgIpc) is 3.18. The van der Waals surface area contributed by atoms with Crippen LogP contribution in [0.5, 0.6) is 0 Å². The van der Waals surface area contributed by atoms with E-state index in [4.69, 9.17) is 9.25 Å². The summed E-state index contributed by atoms with van der Waals surface area (Å²) in [6.07, 6.45) is 6.12. The Morgan fingerprint density at radius 3 is 2.40 bits per heavy atom. The summed E-state index contributed by atoms with van der Waals surface area (Å²) in [5, 5.41) is 0.617. The first-order valence-corrected chi connectivity index (χ1v) is 6.49. The Balaban J connectivity index is 1.57. The summed E-state index contributed by atoms with van der Waals surface area (Å²) in [7, 11) is 0. The maximum atomic E-state index is 12.3. The minimum atomic E-state index is -0.836. The number of nitrogens with zero attached hydrogens (tertiary/aromatic N) is 1. The van der Waals surface area contributed by atoms with Crippen LogP contribution in [0.4, 0.5) is 0 Å². The van der Waals surface area contributed by atoms with Crippen LogP contribution in [0.15, 0.2) is 35.0 Å². The van der Waals surface area contributed by atoms with Gasteiger partial charge >= 0.3 is 5.97 Å². The summed E-state index contributed by atoms with van der Waals surface area (Å²) in [4.78, 5) is 41.2. The van der Waals surface area contributed by atoms with Crippen LogP contribution < -0.4 is 0 Å². The van der Waals surface area contributed by atoms with Crippen LogP contribution in [0, 0.1) is 23.7 Å². The molecule has 0 N–H and O–H groups in total. The van der Waals surface area contributed by atoms with Crippen molar-refractivity contribution < 1.29 is 23.6 Å². The molecule has 1 saturated heterocycles. The summed E-state index contributed by atoms with van der Waals surface area (Å²) in [5.74, 6) is -2.28. The standard InChI is InChI=1S/C14H11NO5/c16-12-10-7-3-4-8(6-7)11(10)13(17)15(12)20-14(18)9-2-1-5-19-9/h1-5,7-8,10-11H,6H2/t7-,8-,10+,11+/m0/s1. The highest BCUT2D eigenvalue weighted by atomic mass is 16.7. The molecule has 0 unspecified atom stereocenters. The third-order valence-corrected chi connectivity index (χ3v) is 4.33. The molecule has 4 rings (SSSR count). The van der Waals surface area contributed by atoms with Crippen molar-refractivity contribution in [1.82, 2.24) is 5.06 Å². The molecule has 2 amide bonds. The van der Waals surface area contributed by atoms with Crippen molar-refractivity contribution in [1.29, 1.82) is 0 Å². The molecule has 2 fully saturated rings. The average molecular weight is 273 g/mol. The molecule has 2 aliphatic carbocycles. The van der Waals surface area contributed by atoms with E-state index in [1.54, 1.807) is 0 Å². The van der Waals surface area contributed by atoms with Gasteiger partial charge in [-0.15, -0.1) is 5.06 Å². The van der Waals surface area contributed by atoms with Crippen molar-refractivity contribution in [2.45, 2.75) is 6.42 Å². The summed E-state index contributed by atoms with van der Waals surface area (Å²) >= 11 is 0. The summed E-state index contributed by atoms with van der Waals surface area (Å²) in [6.45, 7) is 0. The molecule has 6 heteroatoms. The highest BCUT2D eigenvalue weighted by Crippen LogP contribution is 2.52. The molecule has 102 valence electrons. The predicted octanol–water partition coefficient (Wildman–Crippen LogP) is 1.16. The zero-order chi connectivity index (χ0) is 13.9. The van der Waals surface area contributed by atoms with Crippen LogP contribution in [0.2, 0.25) is 0 Å². The molecular formula is C14H11NO5. The smallest absolute Gasteiger partial charge is 0.398 e. The van der Waals surface area contributed by atoms with E-state index in [2.05, 4.69) is 0 Å².